The summed E-state index contributed by atoms with van der Waals surface area (Å²) in [5, 5.41) is 4.39. The number of likely N-dealkylation sites (tertiary alicyclic amines) is 1. The van der Waals surface area contributed by atoms with Crippen LogP contribution in [0.1, 0.15) is 40.4 Å². The number of aromatic amines is 1. The second kappa shape index (κ2) is 10.3. The van der Waals surface area contributed by atoms with Gasteiger partial charge in [-0.25, -0.2) is 0 Å². The third kappa shape index (κ3) is 4.87. The second-order valence-corrected chi connectivity index (χ2v) is 9.62. The average Bonchev–Trinajstić information content (AvgIpc) is 3.60. The van der Waals surface area contributed by atoms with Gasteiger partial charge in [-0.3, -0.25) is 9.59 Å². The number of aromatic nitrogens is 1. The first kappa shape index (κ1) is 23.7. The quantitative estimate of drug-likeness (QED) is 0.401. The van der Waals surface area contributed by atoms with E-state index in [1.807, 2.05) is 26.2 Å². The third-order valence-electron chi connectivity index (χ3n) is 7.17. The summed E-state index contributed by atoms with van der Waals surface area (Å²) in [5.74, 6) is 0.196. The number of carbonyl (C=O) groups excluding carboxylic acids is 2. The fraction of sp³-hybridized carbons (Fsp3) is 0.310. The van der Waals surface area contributed by atoms with E-state index in [4.69, 9.17) is 4.42 Å². The van der Waals surface area contributed by atoms with E-state index in [0.29, 0.717) is 38.2 Å². The number of hydrogen-bond acceptors (Lipinski definition) is 4. The Balaban J connectivity index is 1.28. The summed E-state index contributed by atoms with van der Waals surface area (Å²) in [6.45, 7) is 1.61. The molecule has 2 amide bonds. The van der Waals surface area contributed by atoms with Gasteiger partial charge in [-0.2, -0.15) is 0 Å². The maximum atomic E-state index is 13.2. The monoisotopic (exact) mass is 484 g/mol. The molecule has 5 rings (SSSR count). The molecule has 7 heteroatoms. The van der Waals surface area contributed by atoms with Gasteiger partial charge in [0, 0.05) is 68.4 Å². The molecule has 186 valence electrons. The molecular weight excluding hydrogens is 452 g/mol. The zero-order valence-electron chi connectivity index (χ0n) is 20.7. The number of nitrogens with zero attached hydrogens (tertiary/aromatic N) is 2. The van der Waals surface area contributed by atoms with Crippen LogP contribution in [0, 0.1) is 5.92 Å². The molecule has 3 heterocycles. The second-order valence-electron chi connectivity index (χ2n) is 9.62. The first-order valence-electron chi connectivity index (χ1n) is 12.4. The van der Waals surface area contributed by atoms with E-state index in [0.717, 1.165) is 22.2 Å². The fourth-order valence-corrected chi connectivity index (χ4v) is 5.04. The van der Waals surface area contributed by atoms with Crippen molar-refractivity contribution in [2.45, 2.75) is 18.8 Å². The molecule has 1 aliphatic rings. The third-order valence-corrected chi connectivity index (χ3v) is 7.17. The van der Waals surface area contributed by atoms with Gasteiger partial charge in [0.15, 0.2) is 5.76 Å². The molecule has 1 fully saturated rings. The Morgan fingerprint density at radius 3 is 2.50 bits per heavy atom. The summed E-state index contributed by atoms with van der Waals surface area (Å²) in [4.78, 5) is 32.9. The summed E-state index contributed by atoms with van der Waals surface area (Å²) in [6.07, 6.45) is 4.85. The van der Waals surface area contributed by atoms with Crippen LogP contribution in [0.5, 0.6) is 0 Å². The largest absolute Gasteiger partial charge is 0.459 e. The van der Waals surface area contributed by atoms with Crippen molar-refractivity contribution in [3.8, 4) is 0 Å². The molecule has 1 atom stereocenters. The van der Waals surface area contributed by atoms with Crippen molar-refractivity contribution in [2.75, 3.05) is 38.6 Å². The number of rotatable bonds is 7. The van der Waals surface area contributed by atoms with Gasteiger partial charge in [0.05, 0.1) is 6.26 Å². The average molecular weight is 485 g/mol. The van der Waals surface area contributed by atoms with Crippen molar-refractivity contribution < 1.29 is 14.0 Å². The van der Waals surface area contributed by atoms with Crippen molar-refractivity contribution in [1.29, 1.82) is 0 Å². The van der Waals surface area contributed by atoms with Crippen LogP contribution in [-0.4, -0.2) is 55.4 Å². The van der Waals surface area contributed by atoms with Crippen molar-refractivity contribution in [3.63, 3.8) is 0 Å². The Kier molecular flexibility index (Phi) is 6.80. The minimum atomic E-state index is -0.112. The number of piperidine rings is 1. The summed E-state index contributed by atoms with van der Waals surface area (Å²) in [5.41, 5.74) is 4.55. The Bertz CT molecular complexity index is 1320. The molecule has 0 spiro atoms. The highest BCUT2D eigenvalue weighted by atomic mass is 16.3. The van der Waals surface area contributed by atoms with E-state index in [1.165, 1.54) is 11.8 Å². The van der Waals surface area contributed by atoms with Crippen LogP contribution in [0.2, 0.25) is 0 Å². The van der Waals surface area contributed by atoms with E-state index in [9.17, 15) is 9.59 Å². The van der Waals surface area contributed by atoms with Crippen LogP contribution >= 0.6 is 0 Å². The van der Waals surface area contributed by atoms with Crippen LogP contribution < -0.4 is 10.2 Å². The molecule has 2 N–H and O–H groups in total. The van der Waals surface area contributed by atoms with Crippen LogP contribution in [0.25, 0.3) is 10.9 Å². The maximum absolute atomic E-state index is 13.2. The molecule has 2 aromatic heterocycles. The van der Waals surface area contributed by atoms with Crippen LogP contribution in [0.15, 0.2) is 77.5 Å². The van der Waals surface area contributed by atoms with Gasteiger partial charge in [-0.05, 0) is 54.3 Å². The molecule has 0 aliphatic carbocycles. The lowest BCUT2D eigenvalue weighted by Crippen LogP contribution is -2.43. The van der Waals surface area contributed by atoms with Crippen LogP contribution in [0.3, 0.4) is 0 Å². The van der Waals surface area contributed by atoms with Gasteiger partial charge >= 0.3 is 0 Å². The van der Waals surface area contributed by atoms with Gasteiger partial charge in [-0.15, -0.1) is 0 Å². The molecule has 0 bridgehead atoms. The van der Waals surface area contributed by atoms with E-state index < -0.39 is 0 Å². The summed E-state index contributed by atoms with van der Waals surface area (Å²) >= 11 is 0. The van der Waals surface area contributed by atoms with E-state index >= 15 is 0 Å². The minimum absolute atomic E-state index is 0.0157. The fourth-order valence-electron chi connectivity index (χ4n) is 5.04. The smallest absolute Gasteiger partial charge is 0.289 e. The molecule has 0 saturated carbocycles. The Morgan fingerprint density at radius 2 is 1.81 bits per heavy atom. The number of fused-ring (bicyclic) bond motifs is 1. The Labute approximate surface area is 211 Å². The molecule has 36 heavy (non-hydrogen) atoms. The normalized spacial score (nSPS) is 15.1. The standard InChI is InChI=1S/C29H32N4O3/c1-32(2)22-11-9-20(10-12-22)24(25-19-30-26-7-4-3-6-23(25)26)18-31-28(34)21-13-15-33(16-14-21)29(35)27-8-5-17-36-27/h3-12,17,19,21,24,30H,13-16,18H2,1-2H3,(H,31,34)/t24-/m0/s1. The Morgan fingerprint density at radius 1 is 1.06 bits per heavy atom. The number of benzene rings is 2. The minimum Gasteiger partial charge on any atom is -0.459 e. The van der Waals surface area contributed by atoms with Crippen molar-refractivity contribution in [1.82, 2.24) is 15.2 Å². The molecule has 4 aromatic rings. The van der Waals surface area contributed by atoms with Gasteiger partial charge < -0.3 is 24.5 Å². The zero-order valence-corrected chi connectivity index (χ0v) is 20.7. The molecular formula is C29H32N4O3. The highest BCUT2D eigenvalue weighted by Crippen LogP contribution is 2.32. The van der Waals surface area contributed by atoms with Crippen molar-refractivity contribution >= 4 is 28.4 Å². The topological polar surface area (TPSA) is 81.6 Å². The molecule has 0 radical (unpaired) electrons. The highest BCUT2D eigenvalue weighted by Gasteiger charge is 2.29. The molecule has 0 unspecified atom stereocenters. The molecule has 1 saturated heterocycles. The zero-order chi connectivity index (χ0) is 25.1. The summed E-state index contributed by atoms with van der Waals surface area (Å²) in [7, 11) is 4.06. The highest BCUT2D eigenvalue weighted by molar-refractivity contribution is 5.91. The number of H-pyrrole nitrogens is 1. The lowest BCUT2D eigenvalue weighted by molar-refractivity contribution is -0.126. The van der Waals surface area contributed by atoms with E-state index in [-0.39, 0.29) is 23.7 Å². The number of carbonyl (C=O) groups is 2. The van der Waals surface area contributed by atoms with Gasteiger partial charge in [-0.1, -0.05) is 30.3 Å². The predicted molar refractivity (Wildman–Crippen MR) is 141 cm³/mol. The number of hydrogen-bond donors (Lipinski definition) is 2. The number of nitrogens with one attached hydrogen (secondary N) is 2. The lowest BCUT2D eigenvalue weighted by Gasteiger charge is -2.31. The van der Waals surface area contributed by atoms with Crippen molar-refractivity contribution in [2.24, 2.45) is 5.92 Å². The first-order valence-corrected chi connectivity index (χ1v) is 12.4. The van der Waals surface area contributed by atoms with E-state index in [1.54, 1.807) is 17.0 Å². The van der Waals surface area contributed by atoms with Crippen LogP contribution in [0.4, 0.5) is 5.69 Å². The first-order chi connectivity index (χ1) is 17.5. The van der Waals surface area contributed by atoms with Crippen LogP contribution in [-0.2, 0) is 4.79 Å². The molecule has 7 nitrogen and oxygen atoms in total. The number of furan rings is 1. The summed E-state index contributed by atoms with van der Waals surface area (Å²) in [6, 6.07) is 20.2. The number of anilines is 1. The van der Waals surface area contributed by atoms with Gasteiger partial charge in [0.1, 0.15) is 0 Å². The molecule has 1 aliphatic heterocycles. The molecule has 2 aromatic carbocycles. The Hall–Kier alpha value is -4.00. The van der Waals surface area contributed by atoms with Gasteiger partial charge in [0.25, 0.3) is 5.91 Å². The van der Waals surface area contributed by atoms with Crippen molar-refractivity contribution in [3.05, 3.63) is 90.0 Å². The SMILES string of the molecule is CN(C)c1ccc([C@H](CNC(=O)C2CCN(C(=O)c3ccco3)CC2)c2c[nH]c3ccccc23)cc1. The van der Waals surface area contributed by atoms with Gasteiger partial charge in [0.2, 0.25) is 5.91 Å². The number of amides is 2. The summed E-state index contributed by atoms with van der Waals surface area (Å²) < 4.78 is 5.24. The predicted octanol–water partition coefficient (Wildman–Crippen LogP) is 4.63. The maximum Gasteiger partial charge on any atom is 0.289 e. The van der Waals surface area contributed by atoms with E-state index in [2.05, 4.69) is 57.8 Å². The lowest BCUT2D eigenvalue weighted by atomic mass is 9.90. The number of para-hydroxylation sites is 1.